The molecule has 0 aliphatic rings. The molecule has 2 heterocycles. The third kappa shape index (κ3) is 5.13. The average molecular weight is 445 g/mol. The molecule has 0 fully saturated rings. The van der Waals surface area contributed by atoms with Gasteiger partial charge in [0, 0.05) is 23.8 Å². The number of anilines is 1. The van der Waals surface area contributed by atoms with Crippen molar-refractivity contribution in [1.82, 2.24) is 14.8 Å². The first-order valence-corrected chi connectivity index (χ1v) is 9.88. The van der Waals surface area contributed by atoms with Crippen LogP contribution < -0.4 is 10.1 Å². The lowest BCUT2D eigenvalue weighted by molar-refractivity contribution is -0.384. The Morgan fingerprint density at radius 3 is 2.73 bits per heavy atom. The first kappa shape index (κ1) is 21.5. The molecular weight excluding hydrogens is 426 g/mol. The van der Waals surface area contributed by atoms with Crippen molar-refractivity contribution in [2.75, 3.05) is 12.4 Å². The van der Waals surface area contributed by atoms with Crippen LogP contribution in [0.25, 0.3) is 17.5 Å². The van der Waals surface area contributed by atoms with Crippen molar-refractivity contribution in [2.45, 2.75) is 6.54 Å². The van der Waals surface area contributed by atoms with Gasteiger partial charge < -0.3 is 14.5 Å². The van der Waals surface area contributed by atoms with Crippen LogP contribution in [-0.2, 0) is 6.54 Å². The molecule has 0 aliphatic heterocycles. The minimum absolute atomic E-state index is 0.0621. The molecule has 2 aromatic carbocycles. The number of ether oxygens (including phenoxy) is 1. The zero-order valence-corrected chi connectivity index (χ0v) is 17.5. The maximum atomic E-state index is 12.9. The molecule has 0 bridgehead atoms. The number of rotatable bonds is 8. The van der Waals surface area contributed by atoms with Crippen LogP contribution in [0.2, 0.25) is 0 Å². The molecule has 0 unspecified atom stereocenters. The van der Waals surface area contributed by atoms with Crippen molar-refractivity contribution in [2.24, 2.45) is 0 Å². The van der Waals surface area contributed by atoms with Crippen LogP contribution >= 0.6 is 0 Å². The van der Waals surface area contributed by atoms with E-state index in [0.717, 1.165) is 4.68 Å². The van der Waals surface area contributed by atoms with Crippen molar-refractivity contribution in [1.29, 1.82) is 0 Å². The number of nitrogens with one attached hydrogen (secondary N) is 1. The molecule has 0 radical (unpaired) electrons. The van der Waals surface area contributed by atoms with Crippen LogP contribution in [0.15, 0.2) is 77.4 Å². The Hall–Kier alpha value is -4.73. The van der Waals surface area contributed by atoms with Crippen LogP contribution in [0, 0.1) is 10.1 Å². The SMILES string of the molecule is COc1ccc(-c2nc(NCc3ccco3)n(C(=O)C=Cc3cccc([N+](=O)[O-])c3)n2)cc1. The monoisotopic (exact) mass is 445 g/mol. The van der Waals surface area contributed by atoms with Gasteiger partial charge in [-0.3, -0.25) is 14.9 Å². The van der Waals surface area contributed by atoms with Crippen molar-refractivity contribution in [3.63, 3.8) is 0 Å². The highest BCUT2D eigenvalue weighted by Crippen LogP contribution is 2.22. The number of aromatic nitrogens is 3. The van der Waals surface area contributed by atoms with Crippen LogP contribution in [0.3, 0.4) is 0 Å². The quantitative estimate of drug-likeness (QED) is 0.240. The summed E-state index contributed by atoms with van der Waals surface area (Å²) in [6, 6.07) is 16.7. The summed E-state index contributed by atoms with van der Waals surface area (Å²) in [5.74, 6) is 1.44. The summed E-state index contributed by atoms with van der Waals surface area (Å²) >= 11 is 0. The average Bonchev–Trinajstić information content (AvgIpc) is 3.51. The van der Waals surface area contributed by atoms with E-state index in [1.807, 2.05) is 0 Å². The molecule has 0 aliphatic carbocycles. The number of nitro groups is 1. The maximum Gasteiger partial charge on any atom is 0.274 e. The second-order valence-electron chi connectivity index (χ2n) is 6.86. The van der Waals surface area contributed by atoms with Crippen LogP contribution in [0.5, 0.6) is 5.75 Å². The fourth-order valence-corrected chi connectivity index (χ4v) is 3.00. The molecule has 4 rings (SSSR count). The lowest BCUT2D eigenvalue weighted by atomic mass is 10.2. The molecule has 0 atom stereocenters. The summed E-state index contributed by atoms with van der Waals surface area (Å²) in [5.41, 5.74) is 1.15. The number of furan rings is 1. The summed E-state index contributed by atoms with van der Waals surface area (Å²) in [6.07, 6.45) is 4.32. The Kier molecular flexibility index (Phi) is 6.26. The van der Waals surface area contributed by atoms with E-state index >= 15 is 0 Å². The standard InChI is InChI=1S/C23H19N5O5/c1-32-19-10-8-17(9-11-19)22-25-23(24-15-20-6-3-13-33-20)27(26-22)21(29)12-7-16-4-2-5-18(14-16)28(30)31/h2-14H,15H2,1H3,(H,24,25,26). The Bertz CT molecular complexity index is 1290. The largest absolute Gasteiger partial charge is 0.497 e. The number of carbonyl (C=O) groups excluding carboxylic acids is 1. The van der Waals surface area contributed by atoms with Gasteiger partial charge in [-0.15, -0.1) is 5.10 Å². The van der Waals surface area contributed by atoms with Crippen LogP contribution in [0.1, 0.15) is 16.1 Å². The number of allylic oxidation sites excluding steroid dienone is 1. The van der Waals surface area contributed by atoms with Gasteiger partial charge in [0.15, 0.2) is 5.82 Å². The second kappa shape index (κ2) is 9.60. The Labute approximate surface area is 188 Å². The van der Waals surface area contributed by atoms with E-state index in [-0.39, 0.29) is 11.6 Å². The summed E-state index contributed by atoms with van der Waals surface area (Å²) in [7, 11) is 1.57. The predicted molar refractivity (Wildman–Crippen MR) is 121 cm³/mol. The fourth-order valence-electron chi connectivity index (χ4n) is 3.00. The minimum atomic E-state index is -0.492. The number of non-ortho nitro benzene ring substituents is 1. The van der Waals surface area contributed by atoms with Crippen molar-refractivity contribution in [3.8, 4) is 17.1 Å². The number of nitrogens with zero attached hydrogens (tertiary/aromatic N) is 4. The molecule has 0 amide bonds. The highest BCUT2D eigenvalue weighted by molar-refractivity contribution is 5.95. The summed E-state index contributed by atoms with van der Waals surface area (Å²) < 4.78 is 11.6. The molecule has 4 aromatic rings. The Morgan fingerprint density at radius 1 is 1.21 bits per heavy atom. The molecule has 0 spiro atoms. The van der Waals surface area contributed by atoms with Crippen LogP contribution in [-0.4, -0.2) is 32.7 Å². The van der Waals surface area contributed by atoms with Gasteiger partial charge in [-0.05, 0) is 48.0 Å². The number of hydrogen-bond acceptors (Lipinski definition) is 8. The smallest absolute Gasteiger partial charge is 0.274 e. The molecule has 2 aromatic heterocycles. The van der Waals surface area contributed by atoms with Gasteiger partial charge in [0.1, 0.15) is 11.5 Å². The lowest BCUT2D eigenvalue weighted by Crippen LogP contribution is -2.14. The van der Waals surface area contributed by atoms with Gasteiger partial charge in [-0.2, -0.15) is 9.67 Å². The fraction of sp³-hybridized carbons (Fsp3) is 0.0870. The van der Waals surface area contributed by atoms with Gasteiger partial charge in [0.2, 0.25) is 5.95 Å². The van der Waals surface area contributed by atoms with E-state index in [1.165, 1.54) is 24.3 Å². The first-order valence-electron chi connectivity index (χ1n) is 9.88. The van der Waals surface area contributed by atoms with Gasteiger partial charge in [-0.1, -0.05) is 12.1 Å². The van der Waals surface area contributed by atoms with Crippen molar-refractivity contribution >= 4 is 23.6 Å². The topological polar surface area (TPSA) is 125 Å². The maximum absolute atomic E-state index is 12.9. The minimum Gasteiger partial charge on any atom is -0.497 e. The molecular formula is C23H19N5O5. The highest BCUT2D eigenvalue weighted by Gasteiger charge is 2.16. The van der Waals surface area contributed by atoms with E-state index in [2.05, 4.69) is 15.4 Å². The first-order chi connectivity index (χ1) is 16.0. The lowest BCUT2D eigenvalue weighted by Gasteiger charge is -2.03. The van der Waals surface area contributed by atoms with Crippen molar-refractivity contribution < 1.29 is 18.9 Å². The van der Waals surface area contributed by atoms with Gasteiger partial charge in [0.25, 0.3) is 11.6 Å². The number of nitro benzene ring substituents is 1. The van der Waals surface area contributed by atoms with E-state index in [0.29, 0.717) is 35.0 Å². The van der Waals surface area contributed by atoms with E-state index in [4.69, 9.17) is 9.15 Å². The van der Waals surface area contributed by atoms with E-state index < -0.39 is 10.8 Å². The normalized spacial score (nSPS) is 10.9. The predicted octanol–water partition coefficient (Wildman–Crippen LogP) is 4.42. The molecule has 33 heavy (non-hydrogen) atoms. The van der Waals surface area contributed by atoms with Gasteiger partial charge in [0.05, 0.1) is 24.8 Å². The number of hydrogen-bond donors (Lipinski definition) is 1. The molecule has 10 heteroatoms. The summed E-state index contributed by atoms with van der Waals surface area (Å²) in [4.78, 5) is 27.9. The van der Waals surface area contributed by atoms with Gasteiger partial charge in [-0.25, -0.2) is 0 Å². The second-order valence-corrected chi connectivity index (χ2v) is 6.86. The van der Waals surface area contributed by atoms with E-state index in [9.17, 15) is 14.9 Å². The number of methoxy groups -OCH3 is 1. The molecule has 0 saturated carbocycles. The highest BCUT2D eigenvalue weighted by atomic mass is 16.6. The molecule has 0 saturated heterocycles. The Morgan fingerprint density at radius 2 is 2.03 bits per heavy atom. The molecule has 1 N–H and O–H groups in total. The van der Waals surface area contributed by atoms with Crippen LogP contribution in [0.4, 0.5) is 11.6 Å². The molecule has 166 valence electrons. The zero-order valence-electron chi connectivity index (χ0n) is 17.5. The number of benzene rings is 2. The third-order valence-electron chi connectivity index (χ3n) is 4.66. The zero-order chi connectivity index (χ0) is 23.2. The van der Waals surface area contributed by atoms with Crippen molar-refractivity contribution in [3.05, 3.63) is 94.4 Å². The van der Waals surface area contributed by atoms with E-state index in [1.54, 1.807) is 61.9 Å². The summed E-state index contributed by atoms with van der Waals surface area (Å²) in [6.45, 7) is 0.301. The Balaban J connectivity index is 1.62. The third-order valence-corrected chi connectivity index (χ3v) is 4.66. The number of carbonyl (C=O) groups is 1. The molecule has 10 nitrogen and oxygen atoms in total. The van der Waals surface area contributed by atoms with Gasteiger partial charge >= 0.3 is 0 Å². The summed E-state index contributed by atoms with van der Waals surface area (Å²) in [5, 5.41) is 18.4.